The van der Waals surface area contributed by atoms with Crippen molar-refractivity contribution in [2.24, 2.45) is 5.14 Å². The van der Waals surface area contributed by atoms with Gasteiger partial charge < -0.3 is 4.74 Å². The van der Waals surface area contributed by atoms with Gasteiger partial charge in [0, 0.05) is 6.61 Å². The Morgan fingerprint density at radius 3 is 2.18 bits per heavy atom. The summed E-state index contributed by atoms with van der Waals surface area (Å²) in [7, 11) is -3.45. The lowest BCUT2D eigenvalue weighted by Gasteiger charge is -2.17. The van der Waals surface area contributed by atoms with E-state index in [2.05, 4.69) is 0 Å². The van der Waals surface area contributed by atoms with Gasteiger partial charge in [0.1, 0.15) is 0 Å². The normalized spacial score (nSPS) is 17.8. The average molecular weight is 181 g/mol. The van der Waals surface area contributed by atoms with Crippen LogP contribution in [0.3, 0.4) is 0 Å². The topological polar surface area (TPSA) is 69.4 Å². The molecule has 0 saturated carbocycles. The van der Waals surface area contributed by atoms with E-state index in [1.807, 2.05) is 6.92 Å². The van der Waals surface area contributed by atoms with Crippen LogP contribution in [-0.2, 0) is 14.8 Å². The highest BCUT2D eigenvalue weighted by Crippen LogP contribution is 2.04. The summed E-state index contributed by atoms with van der Waals surface area (Å²) in [6.45, 7) is 5.54. The fourth-order valence-corrected chi connectivity index (χ4v) is 1.28. The van der Waals surface area contributed by atoms with Crippen LogP contribution in [0.25, 0.3) is 0 Å². The highest BCUT2D eigenvalue weighted by molar-refractivity contribution is 7.89. The first-order valence-corrected chi connectivity index (χ1v) is 5.13. The Morgan fingerprint density at radius 2 is 1.91 bits per heavy atom. The van der Waals surface area contributed by atoms with Gasteiger partial charge in [0.25, 0.3) is 0 Å². The van der Waals surface area contributed by atoms with Gasteiger partial charge in [-0.1, -0.05) is 0 Å². The first kappa shape index (κ1) is 10.9. The number of primary sulfonamides is 1. The van der Waals surface area contributed by atoms with Gasteiger partial charge in [0.15, 0.2) is 0 Å². The third-order valence-electron chi connectivity index (χ3n) is 1.61. The molecule has 0 aromatic heterocycles. The molecule has 0 unspecified atom stereocenters. The van der Waals surface area contributed by atoms with Crippen molar-refractivity contribution < 1.29 is 13.2 Å². The largest absolute Gasteiger partial charge is 0.377 e. The van der Waals surface area contributed by atoms with Crippen molar-refractivity contribution in [3.05, 3.63) is 0 Å². The smallest absolute Gasteiger partial charge is 0.214 e. The van der Waals surface area contributed by atoms with Crippen molar-refractivity contribution in [2.45, 2.75) is 32.1 Å². The molecule has 0 fully saturated rings. The Balaban J connectivity index is 4.14. The van der Waals surface area contributed by atoms with Crippen LogP contribution in [0.5, 0.6) is 0 Å². The molecule has 0 spiro atoms. The van der Waals surface area contributed by atoms with E-state index in [1.54, 1.807) is 6.92 Å². The molecule has 0 aliphatic rings. The predicted octanol–water partition coefficient (Wildman–Crippen LogP) is 0.0884. The maximum Gasteiger partial charge on any atom is 0.214 e. The molecule has 4 nitrogen and oxygen atoms in total. The molecule has 2 atom stereocenters. The fraction of sp³-hybridized carbons (Fsp3) is 1.00. The first-order chi connectivity index (χ1) is 4.89. The van der Waals surface area contributed by atoms with Crippen molar-refractivity contribution >= 4 is 10.0 Å². The van der Waals surface area contributed by atoms with Gasteiger partial charge in [-0.2, -0.15) is 0 Å². The van der Waals surface area contributed by atoms with Gasteiger partial charge in [-0.3, -0.25) is 0 Å². The second-order valence-electron chi connectivity index (χ2n) is 2.45. The lowest BCUT2D eigenvalue weighted by molar-refractivity contribution is 0.0760. The molecule has 0 radical (unpaired) electrons. The fourth-order valence-electron chi connectivity index (χ4n) is 0.666. The van der Waals surface area contributed by atoms with Crippen LogP contribution in [0.4, 0.5) is 0 Å². The molecule has 0 aliphatic heterocycles. The minimum Gasteiger partial charge on any atom is -0.377 e. The average Bonchev–Trinajstić information content (AvgIpc) is 1.85. The molecule has 0 amide bonds. The zero-order valence-electron chi connectivity index (χ0n) is 7.07. The summed E-state index contributed by atoms with van der Waals surface area (Å²) in [6, 6.07) is 0. The third-order valence-corrected chi connectivity index (χ3v) is 3.03. The SMILES string of the molecule is CCO[C@H](C)[C@H](C)S(N)(=O)=O. The molecule has 0 aromatic rings. The highest BCUT2D eigenvalue weighted by Gasteiger charge is 2.22. The summed E-state index contributed by atoms with van der Waals surface area (Å²) in [5, 5.41) is 4.27. The van der Waals surface area contributed by atoms with Crippen molar-refractivity contribution in [2.75, 3.05) is 6.61 Å². The van der Waals surface area contributed by atoms with Gasteiger partial charge in [-0.15, -0.1) is 0 Å². The minimum atomic E-state index is -3.45. The quantitative estimate of drug-likeness (QED) is 0.668. The van der Waals surface area contributed by atoms with Gasteiger partial charge in [-0.25, -0.2) is 13.6 Å². The van der Waals surface area contributed by atoms with Gasteiger partial charge in [-0.05, 0) is 20.8 Å². The van der Waals surface area contributed by atoms with Crippen molar-refractivity contribution in [3.63, 3.8) is 0 Å². The molecule has 0 saturated heterocycles. The molecule has 0 heterocycles. The molecule has 5 heteroatoms. The van der Waals surface area contributed by atoms with E-state index in [-0.39, 0.29) is 6.10 Å². The molecule has 2 N–H and O–H groups in total. The zero-order valence-corrected chi connectivity index (χ0v) is 7.89. The summed E-state index contributed by atoms with van der Waals surface area (Å²) in [6.07, 6.45) is -0.338. The second kappa shape index (κ2) is 4.04. The summed E-state index contributed by atoms with van der Waals surface area (Å²) >= 11 is 0. The zero-order chi connectivity index (χ0) is 9.07. The summed E-state index contributed by atoms with van der Waals surface area (Å²) in [5.41, 5.74) is 0. The van der Waals surface area contributed by atoms with E-state index in [9.17, 15) is 8.42 Å². The predicted molar refractivity (Wildman–Crippen MR) is 43.7 cm³/mol. The first-order valence-electron chi connectivity index (χ1n) is 3.52. The maximum absolute atomic E-state index is 10.7. The van der Waals surface area contributed by atoms with Crippen molar-refractivity contribution in [1.29, 1.82) is 0 Å². The number of ether oxygens (including phenoxy) is 1. The third kappa shape index (κ3) is 3.69. The van der Waals surface area contributed by atoms with E-state index in [4.69, 9.17) is 9.88 Å². The van der Waals surface area contributed by atoms with E-state index in [0.29, 0.717) is 6.61 Å². The van der Waals surface area contributed by atoms with Gasteiger partial charge in [0.05, 0.1) is 11.4 Å². The van der Waals surface area contributed by atoms with Crippen LogP contribution in [-0.4, -0.2) is 26.4 Å². The molecular weight excluding hydrogens is 166 g/mol. The standard InChI is InChI=1S/C6H15NO3S/c1-4-10-5(2)6(3)11(7,8)9/h5-6H,4H2,1-3H3,(H2,7,8,9)/t5-,6+/m1/s1. The summed E-state index contributed by atoms with van der Waals surface area (Å²) in [4.78, 5) is 0. The Labute approximate surface area is 67.8 Å². The van der Waals surface area contributed by atoms with Gasteiger partial charge in [0.2, 0.25) is 10.0 Å². The van der Waals surface area contributed by atoms with Crippen LogP contribution in [0.15, 0.2) is 0 Å². The number of nitrogens with two attached hydrogens (primary N) is 1. The van der Waals surface area contributed by atoms with Crippen LogP contribution in [0.1, 0.15) is 20.8 Å². The molecule has 0 bridgehead atoms. The summed E-state index contributed by atoms with van der Waals surface area (Å²) < 4.78 is 26.6. The molecular formula is C6H15NO3S. The number of hydrogen-bond donors (Lipinski definition) is 1. The van der Waals surface area contributed by atoms with E-state index >= 15 is 0 Å². The van der Waals surface area contributed by atoms with E-state index in [0.717, 1.165) is 0 Å². The molecule has 0 aromatic carbocycles. The lowest BCUT2D eigenvalue weighted by atomic mass is 10.3. The number of rotatable bonds is 4. The Kier molecular flexibility index (Phi) is 3.99. The Morgan fingerprint density at radius 1 is 1.45 bits per heavy atom. The molecule has 68 valence electrons. The monoisotopic (exact) mass is 181 g/mol. The van der Waals surface area contributed by atoms with E-state index in [1.165, 1.54) is 6.92 Å². The summed E-state index contributed by atoms with van der Waals surface area (Å²) in [5.74, 6) is 0. The minimum absolute atomic E-state index is 0.338. The second-order valence-corrected chi connectivity index (χ2v) is 4.38. The highest BCUT2D eigenvalue weighted by atomic mass is 32.2. The van der Waals surface area contributed by atoms with Crippen LogP contribution < -0.4 is 5.14 Å². The Bertz CT molecular complexity index is 200. The maximum atomic E-state index is 10.7. The number of hydrogen-bond acceptors (Lipinski definition) is 3. The van der Waals surface area contributed by atoms with Crippen LogP contribution in [0, 0.1) is 0 Å². The lowest BCUT2D eigenvalue weighted by Crippen LogP contribution is -2.36. The molecule has 11 heavy (non-hydrogen) atoms. The van der Waals surface area contributed by atoms with Crippen LogP contribution >= 0.6 is 0 Å². The van der Waals surface area contributed by atoms with E-state index < -0.39 is 15.3 Å². The molecule has 0 rings (SSSR count). The van der Waals surface area contributed by atoms with Gasteiger partial charge >= 0.3 is 0 Å². The van der Waals surface area contributed by atoms with Crippen molar-refractivity contribution in [3.8, 4) is 0 Å². The molecule has 0 aliphatic carbocycles. The van der Waals surface area contributed by atoms with Crippen molar-refractivity contribution in [1.82, 2.24) is 0 Å². The number of sulfonamides is 1. The Hall–Kier alpha value is -0.130. The van der Waals surface area contributed by atoms with Crippen LogP contribution in [0.2, 0.25) is 0 Å².